The van der Waals surface area contributed by atoms with Crippen LogP contribution >= 0.6 is 11.3 Å². The maximum atomic E-state index is 10.8. The third kappa shape index (κ3) is 4.35. The zero-order valence-electron chi connectivity index (χ0n) is 19.1. The van der Waals surface area contributed by atoms with E-state index in [0.29, 0.717) is 30.6 Å². The first-order valence-corrected chi connectivity index (χ1v) is 13.1. The average molecular weight is 458 g/mol. The van der Waals surface area contributed by atoms with Crippen molar-refractivity contribution in [3.8, 4) is 5.75 Å². The van der Waals surface area contributed by atoms with Gasteiger partial charge in [-0.25, -0.2) is 4.98 Å². The van der Waals surface area contributed by atoms with Crippen LogP contribution in [-0.4, -0.2) is 34.0 Å². The lowest BCUT2D eigenvalue weighted by molar-refractivity contribution is -0.145. The number of hydrogen-bond donors (Lipinski definition) is 2. The van der Waals surface area contributed by atoms with Gasteiger partial charge in [-0.05, 0) is 74.1 Å². The summed E-state index contributed by atoms with van der Waals surface area (Å²) in [5.74, 6) is 2.04. The molecule has 0 bridgehead atoms. The monoisotopic (exact) mass is 457 g/mol. The number of aliphatic hydroxyl groups excluding tert-OH is 2. The summed E-state index contributed by atoms with van der Waals surface area (Å²) in [6, 6.07) is 6.59. The molecule has 0 radical (unpaired) electrons. The third-order valence-electron chi connectivity index (χ3n) is 7.62. The van der Waals surface area contributed by atoms with Crippen LogP contribution < -0.4 is 4.74 Å². The average Bonchev–Trinajstić information content (AvgIpc) is 3.42. The van der Waals surface area contributed by atoms with Crippen molar-refractivity contribution in [1.29, 1.82) is 0 Å². The molecule has 1 aromatic carbocycles. The van der Waals surface area contributed by atoms with E-state index in [2.05, 4.69) is 37.0 Å². The summed E-state index contributed by atoms with van der Waals surface area (Å²) < 4.78 is 12.8. The van der Waals surface area contributed by atoms with E-state index < -0.39 is 11.7 Å². The van der Waals surface area contributed by atoms with Gasteiger partial charge in [0.1, 0.15) is 16.4 Å². The molecule has 174 valence electrons. The van der Waals surface area contributed by atoms with E-state index in [9.17, 15) is 10.2 Å². The quantitative estimate of drug-likeness (QED) is 0.588. The van der Waals surface area contributed by atoms with Crippen LogP contribution in [0.25, 0.3) is 0 Å². The van der Waals surface area contributed by atoms with Gasteiger partial charge < -0.3 is 19.7 Å². The SMILES string of the molecule is CCCc1ccc(OC[C@@H]2[C@H]3CC[C@](C)(c4nc(CO)cs4)O[C@H]3C[C@@H]2O)cc1C1CC1. The molecule has 5 nitrogen and oxygen atoms in total. The van der Waals surface area contributed by atoms with Crippen molar-refractivity contribution >= 4 is 11.3 Å². The van der Waals surface area contributed by atoms with Gasteiger partial charge in [-0.3, -0.25) is 0 Å². The zero-order valence-corrected chi connectivity index (χ0v) is 19.9. The Morgan fingerprint density at radius 2 is 2.12 bits per heavy atom. The Bertz CT molecular complexity index is 942. The number of rotatable bonds is 8. The molecule has 2 saturated carbocycles. The molecule has 1 aromatic heterocycles. The molecule has 32 heavy (non-hydrogen) atoms. The number of nitrogens with zero attached hydrogens (tertiary/aromatic N) is 1. The number of benzene rings is 1. The first kappa shape index (κ1) is 22.3. The molecule has 6 heteroatoms. The molecule has 1 aliphatic heterocycles. The normalized spacial score (nSPS) is 32.1. The Morgan fingerprint density at radius 1 is 1.28 bits per heavy atom. The predicted octanol–water partition coefficient (Wildman–Crippen LogP) is 4.94. The van der Waals surface area contributed by atoms with Crippen LogP contribution in [0.4, 0.5) is 0 Å². The summed E-state index contributed by atoms with van der Waals surface area (Å²) in [6.45, 7) is 4.82. The summed E-state index contributed by atoms with van der Waals surface area (Å²) in [7, 11) is 0. The minimum atomic E-state index is -0.441. The van der Waals surface area contributed by atoms with Gasteiger partial charge in [-0.1, -0.05) is 19.4 Å². The number of thiazole rings is 1. The Morgan fingerprint density at radius 3 is 2.84 bits per heavy atom. The molecular formula is C26H35NO4S. The predicted molar refractivity (Wildman–Crippen MR) is 125 cm³/mol. The molecular weight excluding hydrogens is 422 g/mol. The lowest BCUT2D eigenvalue weighted by Gasteiger charge is -2.40. The molecule has 0 spiro atoms. The number of aromatic nitrogens is 1. The largest absolute Gasteiger partial charge is 0.493 e. The maximum Gasteiger partial charge on any atom is 0.125 e. The van der Waals surface area contributed by atoms with E-state index in [4.69, 9.17) is 9.47 Å². The van der Waals surface area contributed by atoms with Gasteiger partial charge in [0.05, 0.1) is 31.1 Å². The highest BCUT2D eigenvalue weighted by molar-refractivity contribution is 7.09. The van der Waals surface area contributed by atoms with Gasteiger partial charge in [-0.15, -0.1) is 11.3 Å². The third-order valence-corrected chi connectivity index (χ3v) is 8.76. The molecule has 0 unspecified atom stereocenters. The second-order valence-electron chi connectivity index (χ2n) is 10.1. The fraction of sp³-hybridized carbons (Fsp3) is 0.654. The van der Waals surface area contributed by atoms with Crippen LogP contribution in [-0.2, 0) is 23.4 Å². The second kappa shape index (κ2) is 9.05. The highest BCUT2D eigenvalue weighted by Crippen LogP contribution is 2.49. The summed E-state index contributed by atoms with van der Waals surface area (Å²) in [6.07, 6.45) is 7.00. The van der Waals surface area contributed by atoms with E-state index >= 15 is 0 Å². The van der Waals surface area contributed by atoms with Crippen LogP contribution in [0.1, 0.15) is 80.1 Å². The van der Waals surface area contributed by atoms with Crippen LogP contribution in [0.2, 0.25) is 0 Å². The van der Waals surface area contributed by atoms with E-state index in [1.165, 1.54) is 30.4 Å². The Balaban J connectivity index is 1.24. The van der Waals surface area contributed by atoms with Gasteiger partial charge in [0.2, 0.25) is 0 Å². The van der Waals surface area contributed by atoms with Crippen LogP contribution in [0.5, 0.6) is 5.75 Å². The second-order valence-corrected chi connectivity index (χ2v) is 10.9. The molecule has 5 rings (SSSR count). The van der Waals surface area contributed by atoms with Gasteiger partial charge in [0, 0.05) is 17.7 Å². The molecule has 2 heterocycles. The van der Waals surface area contributed by atoms with Crippen molar-refractivity contribution in [3.63, 3.8) is 0 Å². The van der Waals surface area contributed by atoms with Gasteiger partial charge in [0.15, 0.2) is 0 Å². The lowest BCUT2D eigenvalue weighted by atomic mass is 9.83. The first-order chi connectivity index (χ1) is 15.5. The van der Waals surface area contributed by atoms with Gasteiger partial charge in [0.25, 0.3) is 0 Å². The van der Waals surface area contributed by atoms with Crippen molar-refractivity contribution in [2.24, 2.45) is 11.8 Å². The summed E-state index contributed by atoms with van der Waals surface area (Å²) in [5, 5.41) is 23.0. The zero-order chi connectivity index (χ0) is 22.3. The highest BCUT2D eigenvalue weighted by Gasteiger charge is 2.50. The number of hydrogen-bond acceptors (Lipinski definition) is 6. The van der Waals surface area contributed by atoms with Crippen LogP contribution in [0.3, 0.4) is 0 Å². The molecule has 1 saturated heterocycles. The van der Waals surface area contributed by atoms with Gasteiger partial charge >= 0.3 is 0 Å². The number of aliphatic hydroxyl groups is 2. The molecule has 2 N–H and O–H groups in total. The number of fused-ring (bicyclic) bond motifs is 1. The lowest BCUT2D eigenvalue weighted by Crippen LogP contribution is -2.41. The van der Waals surface area contributed by atoms with E-state index in [1.54, 1.807) is 11.3 Å². The summed E-state index contributed by atoms with van der Waals surface area (Å²) in [4.78, 5) is 4.56. The minimum Gasteiger partial charge on any atom is -0.493 e. The molecule has 0 amide bonds. The molecule has 3 fully saturated rings. The van der Waals surface area contributed by atoms with Crippen molar-refractivity contribution in [2.75, 3.05) is 6.61 Å². The highest BCUT2D eigenvalue weighted by atomic mass is 32.1. The molecule has 2 aromatic rings. The van der Waals surface area contributed by atoms with Crippen molar-refractivity contribution in [2.45, 2.75) is 89.1 Å². The molecule has 5 atom stereocenters. The standard InChI is InChI=1S/C26H35NO4S/c1-3-4-16-7-8-19(11-21(16)17-5-6-17)30-14-22-20-9-10-26(2,31-24(20)12-23(22)29)25-27-18(13-28)15-32-25/h7-8,11,15,17,20,22-24,28-29H,3-6,9-10,12-14H2,1-2H3/t20-,22-,23+,24+,26-/m1/s1. The van der Waals surface area contributed by atoms with Crippen molar-refractivity contribution in [3.05, 3.63) is 45.4 Å². The molecule has 2 aliphatic carbocycles. The maximum absolute atomic E-state index is 10.8. The van der Waals surface area contributed by atoms with E-state index in [0.717, 1.165) is 30.0 Å². The van der Waals surface area contributed by atoms with Crippen molar-refractivity contribution in [1.82, 2.24) is 4.98 Å². The minimum absolute atomic E-state index is 0.0211. The number of ether oxygens (including phenoxy) is 2. The molecule has 3 aliphatic rings. The number of aryl methyl sites for hydroxylation is 1. The van der Waals surface area contributed by atoms with Gasteiger partial charge in [-0.2, -0.15) is 0 Å². The summed E-state index contributed by atoms with van der Waals surface area (Å²) in [5.41, 5.74) is 3.19. The van der Waals surface area contributed by atoms with E-state index in [1.807, 2.05) is 5.38 Å². The smallest absolute Gasteiger partial charge is 0.125 e. The Labute approximate surface area is 194 Å². The Kier molecular flexibility index (Phi) is 6.32. The summed E-state index contributed by atoms with van der Waals surface area (Å²) >= 11 is 1.55. The van der Waals surface area contributed by atoms with Crippen molar-refractivity contribution < 1.29 is 19.7 Å². The fourth-order valence-electron chi connectivity index (χ4n) is 5.66. The fourth-order valence-corrected chi connectivity index (χ4v) is 6.60. The topological polar surface area (TPSA) is 71.8 Å². The Hall–Kier alpha value is -1.47. The van der Waals surface area contributed by atoms with Crippen LogP contribution in [0, 0.1) is 11.8 Å². The first-order valence-electron chi connectivity index (χ1n) is 12.2. The van der Waals surface area contributed by atoms with Crippen LogP contribution in [0.15, 0.2) is 23.6 Å². The van der Waals surface area contributed by atoms with E-state index in [-0.39, 0.29) is 18.6 Å².